The van der Waals surface area contributed by atoms with Crippen LogP contribution in [0.1, 0.15) is 32.9 Å². The molecule has 0 spiro atoms. The van der Waals surface area contributed by atoms with Gasteiger partial charge in [-0.15, -0.1) is 0 Å². The van der Waals surface area contributed by atoms with E-state index in [0.29, 0.717) is 17.0 Å². The Morgan fingerprint density at radius 3 is 2.19 bits per heavy atom. The van der Waals surface area contributed by atoms with Gasteiger partial charge in [0.25, 0.3) is 5.91 Å². The van der Waals surface area contributed by atoms with Gasteiger partial charge in [0, 0.05) is 5.69 Å². The first kappa shape index (κ1) is 20.4. The Kier molecular flexibility index (Phi) is 5.85. The molecule has 0 aliphatic rings. The van der Waals surface area contributed by atoms with Crippen molar-refractivity contribution in [1.82, 2.24) is 5.16 Å². The van der Waals surface area contributed by atoms with Crippen LogP contribution in [0.15, 0.2) is 77.3 Å². The van der Waals surface area contributed by atoms with Gasteiger partial charge in [-0.2, -0.15) is 0 Å². The molecule has 4 rings (SSSR count). The molecule has 0 bridgehead atoms. The second kappa shape index (κ2) is 8.88. The van der Waals surface area contributed by atoms with Crippen molar-refractivity contribution in [2.45, 2.75) is 27.4 Å². The molecule has 3 aromatic carbocycles. The summed E-state index contributed by atoms with van der Waals surface area (Å²) in [5.41, 5.74) is 5.85. The van der Waals surface area contributed by atoms with Crippen LogP contribution in [-0.2, 0) is 6.61 Å². The Balaban J connectivity index is 1.48. The zero-order valence-corrected chi connectivity index (χ0v) is 17.8. The molecule has 0 aliphatic heterocycles. The number of rotatable bonds is 6. The van der Waals surface area contributed by atoms with E-state index in [4.69, 9.17) is 9.26 Å². The number of benzene rings is 3. The first-order valence-electron chi connectivity index (χ1n) is 10.1. The number of anilines is 1. The highest BCUT2D eigenvalue weighted by Crippen LogP contribution is 2.26. The van der Waals surface area contributed by atoms with Crippen LogP contribution in [0.2, 0.25) is 0 Å². The van der Waals surface area contributed by atoms with Gasteiger partial charge in [0.2, 0.25) is 0 Å². The molecule has 0 fully saturated rings. The van der Waals surface area contributed by atoms with Gasteiger partial charge in [-0.1, -0.05) is 65.8 Å². The van der Waals surface area contributed by atoms with Gasteiger partial charge in [-0.05, 0) is 55.2 Å². The number of amides is 1. The minimum atomic E-state index is -0.329. The number of para-hydroxylation sites is 1. The fourth-order valence-electron chi connectivity index (χ4n) is 3.48. The van der Waals surface area contributed by atoms with Crippen molar-refractivity contribution < 1.29 is 14.1 Å². The summed E-state index contributed by atoms with van der Waals surface area (Å²) in [5.74, 6) is 1.05. The Bertz CT molecular complexity index is 1180. The molecule has 156 valence electrons. The summed E-state index contributed by atoms with van der Waals surface area (Å²) in [4.78, 5) is 12.9. The second-order valence-electron chi connectivity index (χ2n) is 7.47. The van der Waals surface area contributed by atoms with Gasteiger partial charge in [-0.3, -0.25) is 4.79 Å². The molecule has 0 saturated heterocycles. The van der Waals surface area contributed by atoms with Crippen LogP contribution >= 0.6 is 0 Å². The van der Waals surface area contributed by atoms with E-state index in [-0.39, 0.29) is 18.2 Å². The standard InChI is InChI=1S/C26H24N2O3/c1-17-8-7-9-18(2)25(17)30-16-23-19(3)31-28-24(23)26(29)27-22-14-12-21(13-15-22)20-10-5-4-6-11-20/h4-15H,16H2,1-3H3,(H,27,29). The van der Waals surface area contributed by atoms with Gasteiger partial charge in [0.15, 0.2) is 5.69 Å². The largest absolute Gasteiger partial charge is 0.488 e. The molecule has 1 amide bonds. The maximum atomic E-state index is 12.9. The lowest BCUT2D eigenvalue weighted by molar-refractivity contribution is 0.101. The molecule has 5 heteroatoms. The van der Waals surface area contributed by atoms with Crippen LogP contribution in [0.3, 0.4) is 0 Å². The van der Waals surface area contributed by atoms with E-state index in [2.05, 4.69) is 10.5 Å². The molecule has 0 aliphatic carbocycles. The SMILES string of the molecule is Cc1cccc(C)c1OCc1c(C(=O)Nc2ccc(-c3ccccc3)cc2)noc1C. The van der Waals surface area contributed by atoms with Crippen molar-refractivity contribution >= 4 is 11.6 Å². The smallest absolute Gasteiger partial charge is 0.278 e. The summed E-state index contributed by atoms with van der Waals surface area (Å²) in [6.45, 7) is 5.98. The van der Waals surface area contributed by atoms with Gasteiger partial charge in [-0.25, -0.2) is 0 Å². The molecule has 31 heavy (non-hydrogen) atoms. The maximum absolute atomic E-state index is 12.9. The van der Waals surface area contributed by atoms with E-state index in [0.717, 1.165) is 28.0 Å². The van der Waals surface area contributed by atoms with Crippen LogP contribution < -0.4 is 10.1 Å². The second-order valence-corrected chi connectivity index (χ2v) is 7.47. The summed E-state index contributed by atoms with van der Waals surface area (Å²) < 4.78 is 11.3. The molecular weight excluding hydrogens is 388 g/mol. The fourth-order valence-corrected chi connectivity index (χ4v) is 3.48. The zero-order valence-electron chi connectivity index (χ0n) is 17.8. The van der Waals surface area contributed by atoms with Gasteiger partial charge < -0.3 is 14.6 Å². The summed E-state index contributed by atoms with van der Waals surface area (Å²) in [6.07, 6.45) is 0. The minimum Gasteiger partial charge on any atom is -0.488 e. The minimum absolute atomic E-state index is 0.205. The van der Waals surface area contributed by atoms with Crippen LogP contribution in [0.25, 0.3) is 11.1 Å². The molecular formula is C26H24N2O3. The number of carbonyl (C=O) groups excluding carboxylic acids is 1. The van der Waals surface area contributed by atoms with E-state index >= 15 is 0 Å². The summed E-state index contributed by atoms with van der Waals surface area (Å²) >= 11 is 0. The van der Waals surface area contributed by atoms with Crippen molar-refractivity contribution in [3.05, 3.63) is 101 Å². The van der Waals surface area contributed by atoms with Crippen molar-refractivity contribution in [3.63, 3.8) is 0 Å². The molecule has 1 N–H and O–H groups in total. The quantitative estimate of drug-likeness (QED) is 0.416. The zero-order chi connectivity index (χ0) is 21.8. The predicted molar refractivity (Wildman–Crippen MR) is 121 cm³/mol. The molecule has 0 atom stereocenters. The van der Waals surface area contributed by atoms with E-state index in [1.165, 1.54) is 0 Å². The topological polar surface area (TPSA) is 64.4 Å². The number of hydrogen-bond donors (Lipinski definition) is 1. The third-order valence-corrected chi connectivity index (χ3v) is 5.22. The van der Waals surface area contributed by atoms with Crippen LogP contribution in [0.4, 0.5) is 5.69 Å². The van der Waals surface area contributed by atoms with Gasteiger partial charge in [0.1, 0.15) is 18.1 Å². The van der Waals surface area contributed by atoms with E-state index in [1.807, 2.05) is 86.6 Å². The molecule has 0 saturated carbocycles. The van der Waals surface area contributed by atoms with Crippen molar-refractivity contribution in [2.75, 3.05) is 5.32 Å². The first-order valence-corrected chi connectivity index (χ1v) is 10.1. The van der Waals surface area contributed by atoms with Crippen LogP contribution in [0.5, 0.6) is 5.75 Å². The molecule has 0 radical (unpaired) electrons. The number of carbonyl (C=O) groups is 1. The number of aryl methyl sites for hydroxylation is 3. The lowest BCUT2D eigenvalue weighted by Gasteiger charge is -2.12. The maximum Gasteiger partial charge on any atom is 0.278 e. The molecule has 1 aromatic heterocycles. The van der Waals surface area contributed by atoms with Crippen LogP contribution in [-0.4, -0.2) is 11.1 Å². The Hall–Kier alpha value is -3.86. The summed E-state index contributed by atoms with van der Waals surface area (Å²) in [5, 5.41) is 6.86. The molecule has 5 nitrogen and oxygen atoms in total. The lowest BCUT2D eigenvalue weighted by Crippen LogP contribution is -2.15. The Labute approximate surface area is 181 Å². The number of hydrogen-bond acceptors (Lipinski definition) is 4. The van der Waals surface area contributed by atoms with E-state index in [1.54, 1.807) is 6.92 Å². The number of nitrogens with one attached hydrogen (secondary N) is 1. The third kappa shape index (κ3) is 4.51. The van der Waals surface area contributed by atoms with E-state index < -0.39 is 0 Å². The third-order valence-electron chi connectivity index (χ3n) is 5.22. The number of aromatic nitrogens is 1. The van der Waals surface area contributed by atoms with Crippen molar-refractivity contribution in [2.24, 2.45) is 0 Å². The fraction of sp³-hybridized carbons (Fsp3) is 0.154. The lowest BCUT2D eigenvalue weighted by atomic mass is 10.1. The normalized spacial score (nSPS) is 10.7. The average Bonchev–Trinajstić information content (AvgIpc) is 3.15. The molecule has 1 heterocycles. The summed E-state index contributed by atoms with van der Waals surface area (Å²) in [7, 11) is 0. The summed E-state index contributed by atoms with van der Waals surface area (Å²) in [6, 6.07) is 23.8. The average molecular weight is 412 g/mol. The van der Waals surface area contributed by atoms with Crippen molar-refractivity contribution in [3.8, 4) is 16.9 Å². The highest BCUT2D eigenvalue weighted by Gasteiger charge is 2.21. The number of ether oxygens (including phenoxy) is 1. The van der Waals surface area contributed by atoms with Gasteiger partial charge in [0.05, 0.1) is 5.56 Å². The van der Waals surface area contributed by atoms with E-state index in [9.17, 15) is 4.79 Å². The Morgan fingerprint density at radius 2 is 1.52 bits per heavy atom. The van der Waals surface area contributed by atoms with Gasteiger partial charge >= 0.3 is 0 Å². The molecule has 0 unspecified atom stereocenters. The molecule has 4 aromatic rings. The highest BCUT2D eigenvalue weighted by atomic mass is 16.5. The Morgan fingerprint density at radius 1 is 0.871 bits per heavy atom. The van der Waals surface area contributed by atoms with Crippen LogP contribution in [0, 0.1) is 20.8 Å². The first-order chi connectivity index (χ1) is 15.0. The van der Waals surface area contributed by atoms with Crippen molar-refractivity contribution in [1.29, 1.82) is 0 Å². The number of nitrogens with zero attached hydrogens (tertiary/aromatic N) is 1. The monoisotopic (exact) mass is 412 g/mol. The predicted octanol–water partition coefficient (Wildman–Crippen LogP) is 6.10. The highest BCUT2D eigenvalue weighted by molar-refractivity contribution is 6.04.